The third-order valence-corrected chi connectivity index (χ3v) is 8.22. The molecule has 1 aromatic carbocycles. The summed E-state index contributed by atoms with van der Waals surface area (Å²) in [6.07, 6.45) is 5.31. The summed E-state index contributed by atoms with van der Waals surface area (Å²) in [5.74, 6) is -2.13. The van der Waals surface area contributed by atoms with Crippen molar-refractivity contribution >= 4 is 85.8 Å². The Hall–Kier alpha value is -0.420. The summed E-state index contributed by atoms with van der Waals surface area (Å²) in [4.78, 5) is 34.6. The minimum atomic E-state index is -0.847. The maximum Gasteiger partial charge on any atom is 0.410 e. The average Bonchev–Trinajstić information content (AvgIpc) is 2.93. The van der Waals surface area contributed by atoms with Gasteiger partial charge in [-0.15, -0.1) is 0 Å². The van der Waals surface area contributed by atoms with E-state index in [1.807, 2.05) is 30.3 Å². The lowest BCUT2D eigenvalue weighted by atomic mass is 9.99. The van der Waals surface area contributed by atoms with Gasteiger partial charge in [0.1, 0.15) is 6.61 Å². The van der Waals surface area contributed by atoms with E-state index in [1.54, 1.807) is 0 Å². The van der Waals surface area contributed by atoms with E-state index in [1.165, 1.54) is 22.2 Å². The summed E-state index contributed by atoms with van der Waals surface area (Å²) in [6.45, 7) is 7.00. The minimum Gasteiger partial charge on any atom is -0.481 e. The fourth-order valence-electron chi connectivity index (χ4n) is 3.22. The monoisotopic (exact) mass is 858 g/mol. The molecular weight excluding hydrogens is 817 g/mol. The van der Waals surface area contributed by atoms with Gasteiger partial charge >= 0.3 is 18.0 Å². The molecule has 2 saturated heterocycles. The Labute approximate surface area is 262 Å². The Morgan fingerprint density at radius 2 is 1.62 bits per heavy atom. The fraction of sp³-hybridized carbons (Fsp3) is 0.654. The van der Waals surface area contributed by atoms with Crippen LogP contribution in [0, 0.1) is 11.8 Å². The number of halogens is 3. The fourth-order valence-corrected chi connectivity index (χ4v) is 3.22. The van der Waals surface area contributed by atoms with Crippen molar-refractivity contribution in [3.8, 4) is 0 Å². The van der Waals surface area contributed by atoms with Gasteiger partial charge in [-0.2, -0.15) is 0 Å². The molecule has 3 N–H and O–H groups in total. The summed E-state index contributed by atoms with van der Waals surface area (Å²) in [5, 5.41) is 20.5. The van der Waals surface area contributed by atoms with Crippen molar-refractivity contribution in [1.82, 2.24) is 10.2 Å². The van der Waals surface area contributed by atoms with E-state index in [4.69, 9.17) is 14.9 Å². The summed E-state index contributed by atoms with van der Waals surface area (Å²) in [7, 11) is 0. The number of carbonyl (C=O) groups excluding carboxylic acids is 1. The zero-order chi connectivity index (χ0) is 28.1. The second-order valence-electron chi connectivity index (χ2n) is 8.53. The predicted molar refractivity (Wildman–Crippen MR) is 173 cm³/mol. The molecule has 0 spiro atoms. The third kappa shape index (κ3) is 19.3. The molecule has 2 fully saturated rings. The highest BCUT2D eigenvalue weighted by Gasteiger charge is 2.28. The van der Waals surface area contributed by atoms with Crippen molar-refractivity contribution in [2.24, 2.45) is 11.8 Å². The molecule has 0 aliphatic carbocycles. The highest BCUT2D eigenvalue weighted by Crippen LogP contribution is 2.17. The maximum absolute atomic E-state index is 11.9. The molecule has 0 aromatic heterocycles. The number of hydrogen-bond acceptors (Lipinski definition) is 5. The van der Waals surface area contributed by atoms with Crippen LogP contribution in [0.3, 0.4) is 0 Å². The lowest BCUT2D eigenvalue weighted by Gasteiger charge is -2.29. The summed E-state index contributed by atoms with van der Waals surface area (Å²) < 4.78 is 7.30. The highest BCUT2D eigenvalue weighted by atomic mass is 127. The Morgan fingerprint density at radius 1 is 1.05 bits per heavy atom. The van der Waals surface area contributed by atoms with Crippen molar-refractivity contribution < 1.29 is 29.3 Å². The van der Waals surface area contributed by atoms with Gasteiger partial charge in [-0.3, -0.25) is 9.59 Å². The van der Waals surface area contributed by atoms with E-state index >= 15 is 0 Å². The average molecular weight is 858 g/mol. The van der Waals surface area contributed by atoms with Crippen LogP contribution in [0.2, 0.25) is 0 Å². The first-order valence-corrected chi connectivity index (χ1v) is 16.6. The number of carboxylic acids is 2. The molecule has 37 heavy (non-hydrogen) atoms. The number of alkyl halides is 3. The number of hydrogen-bond donors (Lipinski definition) is 3. The minimum absolute atomic E-state index is 0.140. The van der Waals surface area contributed by atoms with Crippen LogP contribution in [0.4, 0.5) is 4.79 Å². The number of carboxylic acid groups (broad SMARTS) is 2. The van der Waals surface area contributed by atoms with Gasteiger partial charge in [0.15, 0.2) is 0 Å². The molecule has 0 radical (unpaired) electrons. The molecule has 3 rings (SSSR count). The van der Waals surface area contributed by atoms with Crippen LogP contribution in [0.25, 0.3) is 0 Å². The van der Waals surface area contributed by atoms with Gasteiger partial charge in [-0.25, -0.2) is 4.79 Å². The van der Waals surface area contributed by atoms with Crippen molar-refractivity contribution in [1.29, 1.82) is 0 Å². The molecule has 2 heterocycles. The number of ether oxygens (including phenoxy) is 1. The van der Waals surface area contributed by atoms with Crippen molar-refractivity contribution in [3.05, 3.63) is 35.9 Å². The van der Waals surface area contributed by atoms with Crippen LogP contribution in [0.1, 0.15) is 57.9 Å². The van der Waals surface area contributed by atoms with E-state index in [0.29, 0.717) is 25.9 Å². The van der Waals surface area contributed by atoms with Crippen LogP contribution < -0.4 is 5.32 Å². The Morgan fingerprint density at radius 3 is 2.05 bits per heavy atom. The second kappa shape index (κ2) is 23.5. The van der Waals surface area contributed by atoms with E-state index in [2.05, 4.69) is 86.9 Å². The van der Waals surface area contributed by atoms with E-state index in [9.17, 15) is 14.4 Å². The van der Waals surface area contributed by atoms with Gasteiger partial charge in [-0.1, -0.05) is 112 Å². The maximum atomic E-state index is 11.9. The first-order chi connectivity index (χ1) is 17.7. The van der Waals surface area contributed by atoms with Crippen LogP contribution >= 0.6 is 67.8 Å². The zero-order valence-corrected chi connectivity index (χ0v) is 28.2. The van der Waals surface area contributed by atoms with Crippen LogP contribution in [0.5, 0.6) is 0 Å². The van der Waals surface area contributed by atoms with E-state index < -0.39 is 23.9 Å². The van der Waals surface area contributed by atoms with Crippen LogP contribution in [0.15, 0.2) is 30.3 Å². The number of likely N-dealkylation sites (tertiary alicyclic amines) is 1. The first kappa shape index (κ1) is 36.6. The molecular formula is C26H41I3N2O6. The lowest BCUT2D eigenvalue weighted by molar-refractivity contribution is -0.143. The highest BCUT2D eigenvalue weighted by molar-refractivity contribution is 14.2. The molecule has 11 heteroatoms. The molecule has 0 bridgehead atoms. The predicted octanol–water partition coefficient (Wildman–Crippen LogP) is 6.61. The molecule has 2 aliphatic heterocycles. The quantitative estimate of drug-likeness (QED) is 0.218. The molecule has 8 nitrogen and oxygen atoms in total. The van der Waals surface area contributed by atoms with Gasteiger partial charge < -0.3 is 25.2 Å². The Balaban J connectivity index is 0.000000593. The van der Waals surface area contributed by atoms with E-state index in [-0.39, 0.29) is 19.1 Å². The third-order valence-electron chi connectivity index (χ3n) is 5.38. The zero-order valence-electron chi connectivity index (χ0n) is 21.7. The largest absolute Gasteiger partial charge is 0.481 e. The summed E-state index contributed by atoms with van der Waals surface area (Å²) in [6, 6.07) is 9.41. The van der Waals surface area contributed by atoms with Crippen molar-refractivity contribution in [2.75, 3.05) is 30.6 Å². The molecule has 212 valence electrons. The molecule has 2 aliphatic rings. The van der Waals surface area contributed by atoms with Crippen molar-refractivity contribution in [2.45, 2.75) is 60.9 Å². The first-order valence-electron chi connectivity index (χ1n) is 12.6. The number of amides is 1. The van der Waals surface area contributed by atoms with Gasteiger partial charge in [0.25, 0.3) is 0 Å². The van der Waals surface area contributed by atoms with Gasteiger partial charge in [0.05, 0.1) is 13.8 Å². The number of piperidine rings is 2. The number of carbonyl (C=O) groups is 3. The SMILES string of the molecule is CCC(I)I.CCCI.O=C(O)[C@H]1CCCN(C(=O)OCc2ccccc2)C1.O=C(O)[C@H]1CCCNC1. The topological polar surface area (TPSA) is 116 Å². The summed E-state index contributed by atoms with van der Waals surface area (Å²) in [5.41, 5.74) is 0.919. The molecule has 1 aromatic rings. The number of benzene rings is 1. The number of rotatable bonds is 6. The number of nitrogens with one attached hydrogen (secondary N) is 1. The molecule has 0 unspecified atom stereocenters. The van der Waals surface area contributed by atoms with Gasteiger partial charge in [-0.05, 0) is 55.1 Å². The van der Waals surface area contributed by atoms with Gasteiger partial charge in [0, 0.05) is 19.6 Å². The normalized spacial score (nSPS) is 18.6. The molecule has 1 amide bonds. The van der Waals surface area contributed by atoms with Crippen LogP contribution in [-0.4, -0.2) is 65.7 Å². The number of nitrogens with zero attached hydrogens (tertiary/aromatic N) is 1. The van der Waals surface area contributed by atoms with Gasteiger partial charge in [0.2, 0.25) is 0 Å². The standard InChI is InChI=1S/C14H17NO4.C6H11NO2.C3H6I2.C3H7I/c16-13(17)12-7-4-8-15(9-12)14(18)19-10-11-5-2-1-3-6-11;8-6(9)5-2-1-3-7-4-5;1-2-3(4)5;1-2-3-4/h1-3,5-6,12H,4,7-10H2,(H,16,17);5,7H,1-4H2,(H,8,9);3H,2H2,1H3;2-3H2,1H3/t12-;5-;;/m00../s1. The summed E-state index contributed by atoms with van der Waals surface area (Å²) >= 11 is 7.14. The van der Waals surface area contributed by atoms with Crippen LogP contribution in [-0.2, 0) is 20.9 Å². The Kier molecular flexibility index (Phi) is 23.2. The number of aliphatic carboxylic acids is 2. The van der Waals surface area contributed by atoms with E-state index in [0.717, 1.165) is 26.9 Å². The molecule has 2 atom stereocenters. The lowest BCUT2D eigenvalue weighted by Crippen LogP contribution is -2.42. The second-order valence-corrected chi connectivity index (χ2v) is 15.0. The smallest absolute Gasteiger partial charge is 0.410 e. The van der Waals surface area contributed by atoms with Crippen molar-refractivity contribution in [3.63, 3.8) is 0 Å². The molecule has 0 saturated carbocycles. The Bertz CT molecular complexity index is 747.